The van der Waals surface area contributed by atoms with Crippen LogP contribution in [0, 0.1) is 11.7 Å². The van der Waals surface area contributed by atoms with Gasteiger partial charge in [0.1, 0.15) is 5.82 Å². The molecule has 2 amide bonds. The van der Waals surface area contributed by atoms with Crippen molar-refractivity contribution < 1.29 is 14.0 Å². The summed E-state index contributed by atoms with van der Waals surface area (Å²) in [4.78, 5) is 23.9. The molecule has 0 bridgehead atoms. The van der Waals surface area contributed by atoms with Crippen LogP contribution in [0.3, 0.4) is 0 Å². The molecular weight excluding hydrogens is 307 g/mol. The number of rotatable bonds is 7. The van der Waals surface area contributed by atoms with Gasteiger partial charge in [0.2, 0.25) is 11.8 Å². The predicted molar refractivity (Wildman–Crippen MR) is 89.7 cm³/mol. The first kappa shape index (κ1) is 16.9. The lowest BCUT2D eigenvalue weighted by Gasteiger charge is -2.31. The summed E-state index contributed by atoms with van der Waals surface area (Å²) in [6, 6.07) is 6.46. The number of hydrogen-bond acceptors (Lipinski definition) is 2. The van der Waals surface area contributed by atoms with Crippen LogP contribution in [0.4, 0.5) is 4.39 Å². The van der Waals surface area contributed by atoms with Crippen LogP contribution in [0.15, 0.2) is 24.3 Å². The van der Waals surface area contributed by atoms with Crippen LogP contribution in [0.1, 0.15) is 56.9 Å². The number of hydrogen-bond donors (Lipinski definition) is 2. The normalized spacial score (nSPS) is 19.0. The Morgan fingerprint density at radius 1 is 1.12 bits per heavy atom. The Kier molecular flexibility index (Phi) is 5.17. The minimum atomic E-state index is -0.359. The first-order valence-electron chi connectivity index (χ1n) is 8.94. The van der Waals surface area contributed by atoms with Crippen molar-refractivity contribution in [1.82, 2.24) is 10.6 Å². The molecule has 24 heavy (non-hydrogen) atoms. The SMILES string of the molecule is O=C(CCCNC(=O)C1CC1)NC1(c2ccc(F)cc2)CCCC1. The summed E-state index contributed by atoms with van der Waals surface area (Å²) in [5.41, 5.74) is 0.624. The molecule has 3 rings (SSSR count). The molecule has 2 saturated carbocycles. The Morgan fingerprint density at radius 2 is 1.79 bits per heavy atom. The van der Waals surface area contributed by atoms with Crippen LogP contribution >= 0.6 is 0 Å². The first-order chi connectivity index (χ1) is 11.6. The molecule has 2 aliphatic rings. The molecule has 0 heterocycles. The molecular formula is C19H25FN2O2. The zero-order valence-corrected chi connectivity index (χ0v) is 13.9. The quantitative estimate of drug-likeness (QED) is 0.754. The molecule has 0 spiro atoms. The monoisotopic (exact) mass is 332 g/mol. The van der Waals surface area contributed by atoms with Crippen molar-refractivity contribution in [3.05, 3.63) is 35.6 Å². The van der Waals surface area contributed by atoms with Gasteiger partial charge in [0.05, 0.1) is 5.54 Å². The summed E-state index contributed by atoms with van der Waals surface area (Å²) in [5, 5.41) is 6.06. The Bertz CT molecular complexity index is 590. The van der Waals surface area contributed by atoms with E-state index in [1.807, 2.05) is 0 Å². The van der Waals surface area contributed by atoms with Crippen LogP contribution in [0.25, 0.3) is 0 Å². The lowest BCUT2D eigenvalue weighted by atomic mass is 9.88. The van der Waals surface area contributed by atoms with Gasteiger partial charge in [-0.1, -0.05) is 25.0 Å². The van der Waals surface area contributed by atoms with Crippen molar-refractivity contribution in [3.8, 4) is 0 Å². The first-order valence-corrected chi connectivity index (χ1v) is 8.94. The molecule has 0 radical (unpaired) electrons. The minimum Gasteiger partial charge on any atom is -0.356 e. The van der Waals surface area contributed by atoms with Gasteiger partial charge in [0.15, 0.2) is 0 Å². The third kappa shape index (κ3) is 4.13. The smallest absolute Gasteiger partial charge is 0.223 e. The fraction of sp³-hybridized carbons (Fsp3) is 0.579. The molecule has 130 valence electrons. The zero-order chi connectivity index (χ0) is 17.0. The Hall–Kier alpha value is -1.91. The number of benzene rings is 1. The second-order valence-electron chi connectivity index (χ2n) is 7.01. The fourth-order valence-electron chi connectivity index (χ4n) is 3.51. The highest BCUT2D eigenvalue weighted by Gasteiger charge is 2.36. The number of nitrogens with one attached hydrogen (secondary N) is 2. The van der Waals surface area contributed by atoms with Gasteiger partial charge in [-0.3, -0.25) is 9.59 Å². The molecule has 0 atom stereocenters. The van der Waals surface area contributed by atoms with Crippen LogP contribution < -0.4 is 10.6 Å². The lowest BCUT2D eigenvalue weighted by molar-refractivity contribution is -0.124. The topological polar surface area (TPSA) is 58.2 Å². The summed E-state index contributed by atoms with van der Waals surface area (Å²) >= 11 is 0. The molecule has 1 aromatic rings. The van der Waals surface area contributed by atoms with E-state index in [1.165, 1.54) is 12.1 Å². The number of carbonyl (C=O) groups is 2. The molecule has 0 aliphatic heterocycles. The van der Waals surface area contributed by atoms with Crippen molar-refractivity contribution in [2.45, 2.75) is 56.9 Å². The van der Waals surface area contributed by atoms with E-state index in [4.69, 9.17) is 0 Å². The molecule has 2 fully saturated rings. The average Bonchev–Trinajstić information content (AvgIpc) is 3.32. The average molecular weight is 332 g/mol. The summed E-state index contributed by atoms with van der Waals surface area (Å²) < 4.78 is 13.2. The van der Waals surface area contributed by atoms with Gasteiger partial charge >= 0.3 is 0 Å². The van der Waals surface area contributed by atoms with Crippen molar-refractivity contribution in [2.75, 3.05) is 6.54 Å². The largest absolute Gasteiger partial charge is 0.356 e. The fourth-order valence-corrected chi connectivity index (χ4v) is 3.51. The van der Waals surface area contributed by atoms with Gasteiger partial charge in [-0.25, -0.2) is 4.39 Å². The van der Waals surface area contributed by atoms with Crippen molar-refractivity contribution in [3.63, 3.8) is 0 Å². The highest BCUT2D eigenvalue weighted by Crippen LogP contribution is 2.38. The summed E-state index contributed by atoms with van der Waals surface area (Å²) in [6.45, 7) is 0.548. The summed E-state index contributed by atoms with van der Waals surface area (Å²) in [5.74, 6) is 0.0690. The van der Waals surface area contributed by atoms with Gasteiger partial charge in [-0.2, -0.15) is 0 Å². The van der Waals surface area contributed by atoms with E-state index < -0.39 is 0 Å². The highest BCUT2D eigenvalue weighted by molar-refractivity contribution is 5.81. The van der Waals surface area contributed by atoms with Crippen molar-refractivity contribution in [2.24, 2.45) is 5.92 Å². The van der Waals surface area contributed by atoms with Crippen molar-refractivity contribution >= 4 is 11.8 Å². The molecule has 4 nitrogen and oxygen atoms in total. The van der Waals surface area contributed by atoms with Gasteiger partial charge in [-0.05, 0) is 49.8 Å². The van der Waals surface area contributed by atoms with Gasteiger partial charge in [0, 0.05) is 18.9 Å². The third-order valence-electron chi connectivity index (χ3n) is 5.06. The maximum atomic E-state index is 13.2. The second-order valence-corrected chi connectivity index (χ2v) is 7.01. The molecule has 0 unspecified atom stereocenters. The molecule has 0 aromatic heterocycles. The third-order valence-corrected chi connectivity index (χ3v) is 5.06. The van der Waals surface area contributed by atoms with Crippen LogP contribution in [0.5, 0.6) is 0 Å². The summed E-state index contributed by atoms with van der Waals surface area (Å²) in [7, 11) is 0. The Morgan fingerprint density at radius 3 is 2.42 bits per heavy atom. The van der Waals surface area contributed by atoms with Gasteiger partial charge in [-0.15, -0.1) is 0 Å². The molecule has 1 aromatic carbocycles. The second kappa shape index (κ2) is 7.32. The number of halogens is 1. The zero-order valence-electron chi connectivity index (χ0n) is 13.9. The number of amides is 2. The van der Waals surface area contributed by atoms with E-state index >= 15 is 0 Å². The number of carbonyl (C=O) groups excluding carboxylic acids is 2. The minimum absolute atomic E-state index is 0.00176. The van der Waals surface area contributed by atoms with E-state index in [0.29, 0.717) is 19.4 Å². The van der Waals surface area contributed by atoms with Crippen LogP contribution in [-0.4, -0.2) is 18.4 Å². The molecule has 2 aliphatic carbocycles. The Balaban J connectivity index is 1.50. The predicted octanol–water partition coefficient (Wildman–Crippen LogP) is 3.02. The van der Waals surface area contributed by atoms with Gasteiger partial charge < -0.3 is 10.6 Å². The molecule has 2 N–H and O–H groups in total. The van der Waals surface area contributed by atoms with Crippen molar-refractivity contribution in [1.29, 1.82) is 0 Å². The molecule has 5 heteroatoms. The highest BCUT2D eigenvalue weighted by atomic mass is 19.1. The van der Waals surface area contributed by atoms with E-state index in [9.17, 15) is 14.0 Å². The lowest BCUT2D eigenvalue weighted by Crippen LogP contribution is -2.44. The molecule has 0 saturated heterocycles. The standard InChI is InChI=1S/C19H25FN2O2/c20-16-9-7-15(8-10-16)19(11-1-2-12-19)22-17(23)4-3-13-21-18(24)14-5-6-14/h7-10,14H,1-6,11-13H2,(H,21,24)(H,22,23). The Labute approximate surface area is 142 Å². The summed E-state index contributed by atoms with van der Waals surface area (Å²) in [6.07, 6.45) is 6.94. The maximum absolute atomic E-state index is 13.2. The van der Waals surface area contributed by atoms with Crippen LogP contribution in [-0.2, 0) is 15.1 Å². The van der Waals surface area contributed by atoms with E-state index in [1.54, 1.807) is 12.1 Å². The van der Waals surface area contributed by atoms with Gasteiger partial charge in [0.25, 0.3) is 0 Å². The van der Waals surface area contributed by atoms with E-state index in [2.05, 4.69) is 10.6 Å². The maximum Gasteiger partial charge on any atom is 0.223 e. The van der Waals surface area contributed by atoms with Crippen LogP contribution in [0.2, 0.25) is 0 Å². The van der Waals surface area contributed by atoms with E-state index in [-0.39, 0.29) is 29.1 Å². The van der Waals surface area contributed by atoms with E-state index in [0.717, 1.165) is 44.1 Å².